The van der Waals surface area contributed by atoms with Crippen LogP contribution in [0.3, 0.4) is 0 Å². The molecular formula is C18H18N2O3S. The Bertz CT molecular complexity index is 761. The number of fused-ring (bicyclic) bond motifs is 1. The first-order chi connectivity index (χ1) is 11.6. The molecule has 2 atom stereocenters. The van der Waals surface area contributed by atoms with Gasteiger partial charge in [0.1, 0.15) is 0 Å². The number of methoxy groups -OCH3 is 1. The number of esters is 1. The number of hydrogen-bond donors (Lipinski definition) is 3. The van der Waals surface area contributed by atoms with E-state index in [1.165, 1.54) is 7.11 Å². The third-order valence-electron chi connectivity index (χ3n) is 4.05. The molecular weight excluding hydrogens is 324 g/mol. The first-order valence-electron chi connectivity index (χ1n) is 7.60. The molecule has 0 heterocycles. The number of hydrogen-bond acceptors (Lipinski definition) is 4. The second-order valence-electron chi connectivity index (χ2n) is 5.62. The number of aliphatic hydroxyl groups is 1. The number of benzene rings is 2. The van der Waals surface area contributed by atoms with E-state index in [1.54, 1.807) is 24.3 Å². The molecule has 0 saturated heterocycles. The highest BCUT2D eigenvalue weighted by Crippen LogP contribution is 2.31. The van der Waals surface area contributed by atoms with E-state index in [-0.39, 0.29) is 12.0 Å². The minimum Gasteiger partial charge on any atom is -0.465 e. The summed E-state index contributed by atoms with van der Waals surface area (Å²) in [5, 5.41) is 16.9. The molecule has 0 spiro atoms. The summed E-state index contributed by atoms with van der Waals surface area (Å²) < 4.78 is 4.67. The number of carbonyl (C=O) groups is 1. The van der Waals surface area contributed by atoms with E-state index in [9.17, 15) is 9.90 Å². The van der Waals surface area contributed by atoms with Crippen LogP contribution in [0.15, 0.2) is 48.5 Å². The molecule has 0 aliphatic heterocycles. The highest BCUT2D eigenvalue weighted by Gasteiger charge is 2.31. The Balaban J connectivity index is 1.65. The van der Waals surface area contributed by atoms with Crippen LogP contribution < -0.4 is 10.6 Å². The highest BCUT2D eigenvalue weighted by molar-refractivity contribution is 7.80. The fraction of sp³-hybridized carbons (Fsp3) is 0.222. The molecule has 0 fully saturated rings. The maximum Gasteiger partial charge on any atom is 0.337 e. The van der Waals surface area contributed by atoms with Gasteiger partial charge in [-0.3, -0.25) is 0 Å². The fourth-order valence-corrected chi connectivity index (χ4v) is 3.11. The van der Waals surface area contributed by atoms with Crippen molar-refractivity contribution in [3.63, 3.8) is 0 Å². The largest absolute Gasteiger partial charge is 0.465 e. The quantitative estimate of drug-likeness (QED) is 0.588. The van der Waals surface area contributed by atoms with E-state index in [1.807, 2.05) is 24.3 Å². The Morgan fingerprint density at radius 3 is 2.62 bits per heavy atom. The Morgan fingerprint density at radius 2 is 1.92 bits per heavy atom. The van der Waals surface area contributed by atoms with Crippen molar-refractivity contribution in [3.8, 4) is 0 Å². The zero-order valence-electron chi connectivity index (χ0n) is 13.2. The van der Waals surface area contributed by atoms with Crippen molar-refractivity contribution in [1.29, 1.82) is 0 Å². The molecule has 5 nitrogen and oxygen atoms in total. The lowest BCUT2D eigenvalue weighted by molar-refractivity contribution is 0.0600. The molecule has 0 amide bonds. The Kier molecular flexibility index (Phi) is 4.78. The van der Waals surface area contributed by atoms with Gasteiger partial charge in [-0.05, 0) is 47.6 Å². The van der Waals surface area contributed by atoms with Crippen molar-refractivity contribution in [2.45, 2.75) is 18.6 Å². The van der Waals surface area contributed by atoms with Crippen molar-refractivity contribution in [1.82, 2.24) is 5.32 Å². The van der Waals surface area contributed by atoms with Crippen molar-refractivity contribution < 1.29 is 14.6 Å². The van der Waals surface area contributed by atoms with Crippen LogP contribution >= 0.6 is 12.2 Å². The van der Waals surface area contributed by atoms with Gasteiger partial charge in [-0.1, -0.05) is 24.3 Å². The summed E-state index contributed by atoms with van der Waals surface area (Å²) in [7, 11) is 1.35. The Hall–Kier alpha value is -2.44. The minimum absolute atomic E-state index is 0.226. The van der Waals surface area contributed by atoms with Crippen LogP contribution in [0.25, 0.3) is 0 Å². The summed E-state index contributed by atoms with van der Waals surface area (Å²) in [6.07, 6.45) is 0.105. The second kappa shape index (κ2) is 6.98. The summed E-state index contributed by atoms with van der Waals surface area (Å²) in [6, 6.07) is 14.5. The second-order valence-corrected chi connectivity index (χ2v) is 6.02. The molecule has 0 aromatic heterocycles. The van der Waals surface area contributed by atoms with Crippen LogP contribution in [0.5, 0.6) is 0 Å². The summed E-state index contributed by atoms with van der Waals surface area (Å²) in [4.78, 5) is 11.4. The molecule has 24 heavy (non-hydrogen) atoms. The van der Waals surface area contributed by atoms with Gasteiger partial charge < -0.3 is 20.5 Å². The molecule has 2 aromatic carbocycles. The molecule has 3 N–H and O–H groups in total. The van der Waals surface area contributed by atoms with Crippen LogP contribution in [0.1, 0.15) is 27.5 Å². The van der Waals surface area contributed by atoms with E-state index in [0.717, 1.165) is 16.8 Å². The standard InChI is InChI=1S/C18H18N2O3S/c1-23-17(22)11-6-8-13(9-7-11)19-18(24)20-16-14-5-3-2-4-12(14)10-15(16)21/h2-9,15-16,21H,10H2,1H3,(H2,19,20,24)/t15-,16+/m0/s1. The predicted octanol–water partition coefficient (Wildman–Crippen LogP) is 2.42. The minimum atomic E-state index is -0.510. The third kappa shape index (κ3) is 3.39. The highest BCUT2D eigenvalue weighted by atomic mass is 32.1. The van der Waals surface area contributed by atoms with E-state index >= 15 is 0 Å². The lowest BCUT2D eigenvalue weighted by Gasteiger charge is -2.20. The van der Waals surface area contributed by atoms with E-state index < -0.39 is 6.10 Å². The van der Waals surface area contributed by atoms with Gasteiger partial charge in [-0.2, -0.15) is 0 Å². The van der Waals surface area contributed by atoms with Gasteiger partial charge in [0.25, 0.3) is 0 Å². The smallest absolute Gasteiger partial charge is 0.337 e. The molecule has 3 rings (SSSR count). The SMILES string of the molecule is COC(=O)c1ccc(NC(=S)N[C@@H]2c3ccccc3C[C@@H]2O)cc1. The molecule has 6 heteroatoms. The van der Waals surface area contributed by atoms with Crippen molar-refractivity contribution in [2.75, 3.05) is 12.4 Å². The van der Waals surface area contributed by atoms with Crippen LogP contribution in [0.4, 0.5) is 5.69 Å². The van der Waals surface area contributed by atoms with Crippen LogP contribution in [0, 0.1) is 0 Å². The first-order valence-corrected chi connectivity index (χ1v) is 8.01. The molecule has 0 unspecified atom stereocenters. The maximum absolute atomic E-state index is 11.4. The molecule has 124 valence electrons. The lowest BCUT2D eigenvalue weighted by Crippen LogP contribution is -2.36. The molecule has 2 aromatic rings. The number of ether oxygens (including phenoxy) is 1. The van der Waals surface area contributed by atoms with Gasteiger partial charge in [0.2, 0.25) is 0 Å². The number of carbonyl (C=O) groups excluding carboxylic acids is 1. The van der Waals surface area contributed by atoms with Crippen LogP contribution in [-0.4, -0.2) is 29.4 Å². The van der Waals surface area contributed by atoms with Gasteiger partial charge in [0.15, 0.2) is 5.11 Å². The van der Waals surface area contributed by atoms with Gasteiger partial charge in [0, 0.05) is 12.1 Å². The predicted molar refractivity (Wildman–Crippen MR) is 96.0 cm³/mol. The summed E-state index contributed by atoms with van der Waals surface area (Å²) in [5.41, 5.74) is 3.42. The maximum atomic E-state index is 11.4. The number of rotatable bonds is 3. The first kappa shape index (κ1) is 16.4. The summed E-state index contributed by atoms with van der Waals surface area (Å²) >= 11 is 5.34. The zero-order chi connectivity index (χ0) is 17.1. The van der Waals surface area contributed by atoms with Gasteiger partial charge in [-0.15, -0.1) is 0 Å². The van der Waals surface area contributed by atoms with Crippen molar-refractivity contribution >= 4 is 29.0 Å². The zero-order valence-corrected chi connectivity index (χ0v) is 14.0. The van der Waals surface area contributed by atoms with E-state index in [0.29, 0.717) is 17.1 Å². The molecule has 1 aliphatic rings. The Morgan fingerprint density at radius 1 is 1.21 bits per heavy atom. The van der Waals surface area contributed by atoms with E-state index in [4.69, 9.17) is 12.2 Å². The third-order valence-corrected chi connectivity index (χ3v) is 4.27. The van der Waals surface area contributed by atoms with Gasteiger partial charge in [-0.25, -0.2) is 4.79 Å². The fourth-order valence-electron chi connectivity index (χ4n) is 2.86. The number of nitrogens with one attached hydrogen (secondary N) is 2. The summed E-state index contributed by atoms with van der Waals surface area (Å²) in [6.45, 7) is 0. The number of aliphatic hydroxyl groups excluding tert-OH is 1. The lowest BCUT2D eigenvalue weighted by atomic mass is 10.1. The van der Waals surface area contributed by atoms with Crippen molar-refractivity contribution in [2.24, 2.45) is 0 Å². The molecule has 0 bridgehead atoms. The van der Waals surface area contributed by atoms with Crippen molar-refractivity contribution in [3.05, 3.63) is 65.2 Å². The monoisotopic (exact) mass is 342 g/mol. The van der Waals surface area contributed by atoms with Crippen LogP contribution in [0.2, 0.25) is 0 Å². The Labute approximate surface area is 145 Å². The number of anilines is 1. The van der Waals surface area contributed by atoms with Gasteiger partial charge in [0.05, 0.1) is 24.8 Å². The number of thiocarbonyl (C=S) groups is 1. The topological polar surface area (TPSA) is 70.6 Å². The molecule has 1 aliphatic carbocycles. The van der Waals surface area contributed by atoms with E-state index in [2.05, 4.69) is 15.4 Å². The normalized spacial score (nSPS) is 18.6. The average Bonchev–Trinajstić information content (AvgIpc) is 2.90. The summed E-state index contributed by atoms with van der Waals surface area (Å²) in [5.74, 6) is -0.382. The van der Waals surface area contributed by atoms with Gasteiger partial charge >= 0.3 is 5.97 Å². The molecule has 0 saturated carbocycles. The molecule has 0 radical (unpaired) electrons. The average molecular weight is 342 g/mol. The van der Waals surface area contributed by atoms with Crippen LogP contribution in [-0.2, 0) is 11.2 Å².